The highest BCUT2D eigenvalue weighted by molar-refractivity contribution is 7.99. The van der Waals surface area contributed by atoms with E-state index in [4.69, 9.17) is 4.74 Å². The Bertz CT molecular complexity index is 1860. The maximum atomic E-state index is 12.1. The number of carbonyl (C=O) groups is 3. The molecule has 0 atom stereocenters. The largest absolute Gasteiger partial charge is 0.492 e. The van der Waals surface area contributed by atoms with Crippen LogP contribution in [-0.2, 0) is 4.79 Å². The molecule has 0 fully saturated rings. The quantitative estimate of drug-likeness (QED) is 0.0453. The van der Waals surface area contributed by atoms with E-state index in [1.165, 1.54) is 30.6 Å². The van der Waals surface area contributed by atoms with Crippen LogP contribution in [0.5, 0.6) is 5.75 Å². The molecule has 7 heteroatoms. The van der Waals surface area contributed by atoms with Crippen molar-refractivity contribution < 1.29 is 24.2 Å². The number of para-hydroxylation sites is 1. The predicted molar refractivity (Wildman–Crippen MR) is 223 cm³/mol. The first-order chi connectivity index (χ1) is 26.4. The van der Waals surface area contributed by atoms with E-state index >= 15 is 0 Å². The molecule has 0 aliphatic heterocycles. The molecule has 5 nitrogen and oxygen atoms in total. The van der Waals surface area contributed by atoms with E-state index in [-0.39, 0.29) is 17.1 Å². The maximum absolute atomic E-state index is 12.1. The summed E-state index contributed by atoms with van der Waals surface area (Å²) in [4.78, 5) is 40.4. The number of hydrogen-bond donors (Lipinski definition) is 1. The first-order valence-electron chi connectivity index (χ1n) is 19.1. The van der Waals surface area contributed by atoms with Crippen LogP contribution in [0.2, 0.25) is 0 Å². The number of rotatable bonds is 21. The van der Waals surface area contributed by atoms with Crippen molar-refractivity contribution in [1.82, 2.24) is 0 Å². The van der Waals surface area contributed by atoms with Gasteiger partial charge in [-0.15, -0.1) is 0 Å². The summed E-state index contributed by atoms with van der Waals surface area (Å²) in [6.45, 7) is 4.87. The zero-order valence-electron chi connectivity index (χ0n) is 31.5. The first kappa shape index (κ1) is 42.2. The van der Waals surface area contributed by atoms with E-state index < -0.39 is 5.97 Å². The van der Waals surface area contributed by atoms with Crippen LogP contribution in [0.4, 0.5) is 0 Å². The minimum absolute atomic E-state index is 0.214. The van der Waals surface area contributed by atoms with Crippen LogP contribution in [-0.4, -0.2) is 29.2 Å². The summed E-state index contributed by atoms with van der Waals surface area (Å²) in [5, 5.41) is 9.66. The highest BCUT2D eigenvalue weighted by Crippen LogP contribution is 2.36. The molecule has 0 heterocycles. The smallest absolute Gasteiger partial charge is 0.339 e. The summed E-state index contributed by atoms with van der Waals surface area (Å²) < 4.78 is 6.03. The van der Waals surface area contributed by atoms with Gasteiger partial charge in [-0.05, 0) is 85.1 Å². The number of unbranched alkanes of at least 4 members (excludes halogenated alkanes) is 8. The summed E-state index contributed by atoms with van der Waals surface area (Å²) in [6.07, 6.45) is 11.4. The van der Waals surface area contributed by atoms with E-state index in [2.05, 4.69) is 38.1 Å². The highest BCUT2D eigenvalue weighted by Gasteiger charge is 2.17. The lowest BCUT2D eigenvalue weighted by Gasteiger charge is -2.15. The number of carboxylic acid groups (broad SMARTS) is 1. The van der Waals surface area contributed by atoms with Crippen LogP contribution >= 0.6 is 23.5 Å². The Morgan fingerprint density at radius 2 is 1.04 bits per heavy atom. The number of hydrogen-bond acceptors (Lipinski definition) is 6. The Morgan fingerprint density at radius 3 is 1.59 bits per heavy atom. The first-order valence-corrected chi connectivity index (χ1v) is 20.8. The zero-order chi connectivity index (χ0) is 38.4. The van der Waals surface area contributed by atoms with Gasteiger partial charge < -0.3 is 9.84 Å². The van der Waals surface area contributed by atoms with Crippen LogP contribution in [0.15, 0.2) is 147 Å². The zero-order valence-corrected chi connectivity index (χ0v) is 33.1. The van der Waals surface area contributed by atoms with E-state index in [1.54, 1.807) is 47.8 Å². The van der Waals surface area contributed by atoms with Crippen LogP contribution in [0.1, 0.15) is 105 Å². The number of carbonyl (C=O) groups excluding carboxylic acids is 2. The van der Waals surface area contributed by atoms with Crippen LogP contribution in [0.3, 0.4) is 0 Å². The Balaban J connectivity index is 0.000000252. The van der Waals surface area contributed by atoms with Gasteiger partial charge in [-0.2, -0.15) is 0 Å². The predicted octanol–water partition coefficient (Wildman–Crippen LogP) is 13.5. The molecular formula is C47H52O5S2. The molecule has 0 aromatic heterocycles. The number of benzene rings is 5. The van der Waals surface area contributed by atoms with Crippen molar-refractivity contribution in [1.29, 1.82) is 0 Å². The molecule has 0 saturated heterocycles. The third-order valence-corrected chi connectivity index (χ3v) is 10.8. The lowest BCUT2D eigenvalue weighted by atomic mass is 10.0. The van der Waals surface area contributed by atoms with Crippen molar-refractivity contribution >= 4 is 41.1 Å². The molecule has 54 heavy (non-hydrogen) atoms. The second-order valence-electron chi connectivity index (χ2n) is 13.0. The van der Waals surface area contributed by atoms with Gasteiger partial charge in [-0.1, -0.05) is 149 Å². The number of carboxylic acids is 1. The molecular weight excluding hydrogens is 709 g/mol. The molecule has 0 amide bonds. The van der Waals surface area contributed by atoms with Crippen molar-refractivity contribution in [3.8, 4) is 16.9 Å². The van der Waals surface area contributed by atoms with Crippen LogP contribution in [0, 0.1) is 0 Å². The van der Waals surface area contributed by atoms with Crippen molar-refractivity contribution in [3.63, 3.8) is 0 Å². The molecule has 282 valence electrons. The summed E-state index contributed by atoms with van der Waals surface area (Å²) in [5.74, 6) is -1.13. The topological polar surface area (TPSA) is 80.7 Å². The Kier molecular flexibility index (Phi) is 18.7. The molecule has 0 spiro atoms. The van der Waals surface area contributed by atoms with E-state index in [0.29, 0.717) is 24.3 Å². The van der Waals surface area contributed by atoms with Crippen LogP contribution < -0.4 is 4.74 Å². The van der Waals surface area contributed by atoms with Crippen LogP contribution in [0.25, 0.3) is 11.1 Å². The van der Waals surface area contributed by atoms with Gasteiger partial charge >= 0.3 is 5.97 Å². The summed E-state index contributed by atoms with van der Waals surface area (Å²) in [6, 6.07) is 41.1. The second-order valence-corrected chi connectivity index (χ2v) is 15.3. The Hall–Kier alpha value is -4.59. The van der Waals surface area contributed by atoms with E-state index in [0.717, 1.165) is 64.3 Å². The number of ether oxygens (including phenoxy) is 1. The fraction of sp³-hybridized carbons (Fsp3) is 0.298. The third-order valence-electron chi connectivity index (χ3n) is 8.74. The minimum Gasteiger partial charge on any atom is -0.492 e. The number of aromatic carboxylic acids is 1. The number of ketones is 2. The van der Waals surface area contributed by atoms with Gasteiger partial charge in [0.2, 0.25) is 11.6 Å². The normalized spacial score (nSPS) is 10.6. The Labute approximate surface area is 330 Å². The fourth-order valence-corrected chi connectivity index (χ4v) is 7.43. The van der Waals surface area contributed by atoms with Crippen molar-refractivity contribution in [2.45, 2.75) is 104 Å². The van der Waals surface area contributed by atoms with Crippen molar-refractivity contribution in [2.24, 2.45) is 0 Å². The molecule has 0 radical (unpaired) electrons. The molecule has 1 N–H and O–H groups in total. The molecule has 5 aromatic rings. The van der Waals surface area contributed by atoms with Gasteiger partial charge in [0.25, 0.3) is 0 Å². The lowest BCUT2D eigenvalue weighted by molar-refractivity contribution is -0.115. The summed E-state index contributed by atoms with van der Waals surface area (Å²) in [7, 11) is 0. The van der Waals surface area contributed by atoms with E-state index in [9.17, 15) is 19.5 Å². The average molecular weight is 761 g/mol. The minimum atomic E-state index is -0.962. The molecule has 5 aromatic carbocycles. The molecule has 0 aliphatic carbocycles. The average Bonchev–Trinajstić information content (AvgIpc) is 3.20. The standard InChI is InChI=1S/C27H30O3S.C20H22O2S/c1-2-3-4-5-6-10-20-30-26-24(14-11-15-25(26)27(28)29)21-16-18-23(19-17-21)31-22-12-8-7-9-13-22;1-2-3-4-8-11-19(21)20(22)16-12-14-18(15-13-16)23-17-9-6-5-7-10-17/h7-9,11-19H,2-6,10,20H2,1H3,(H,28,29);5-7,9-10,12-15H,2-4,8,11H2,1H3. The van der Waals surface area contributed by atoms with Gasteiger partial charge in [0.15, 0.2) is 0 Å². The van der Waals surface area contributed by atoms with E-state index in [1.807, 2.05) is 78.9 Å². The molecule has 5 rings (SSSR count). The molecule has 0 bridgehead atoms. The Morgan fingerprint density at radius 1 is 0.537 bits per heavy atom. The van der Waals surface area contributed by atoms with Crippen molar-refractivity contribution in [3.05, 3.63) is 139 Å². The second kappa shape index (κ2) is 23.9. The summed E-state index contributed by atoms with van der Waals surface area (Å²) in [5.41, 5.74) is 2.48. The highest BCUT2D eigenvalue weighted by atomic mass is 32.2. The number of Topliss-reactive ketones (excluding diaryl/α,β-unsaturated/α-hetero) is 2. The summed E-state index contributed by atoms with van der Waals surface area (Å²) >= 11 is 3.34. The van der Waals surface area contributed by atoms with Gasteiger partial charge in [0.05, 0.1) is 6.61 Å². The van der Waals surface area contributed by atoms with Gasteiger partial charge in [-0.25, -0.2) is 4.79 Å². The monoisotopic (exact) mass is 760 g/mol. The van der Waals surface area contributed by atoms with Gasteiger partial charge in [0, 0.05) is 37.1 Å². The van der Waals surface area contributed by atoms with Gasteiger partial charge in [-0.3, -0.25) is 9.59 Å². The third kappa shape index (κ3) is 14.3. The van der Waals surface area contributed by atoms with Gasteiger partial charge in [0.1, 0.15) is 11.3 Å². The molecule has 0 aliphatic rings. The lowest BCUT2D eigenvalue weighted by Crippen LogP contribution is -2.13. The van der Waals surface area contributed by atoms with Crippen molar-refractivity contribution in [2.75, 3.05) is 6.61 Å². The fourth-order valence-electron chi connectivity index (χ4n) is 5.76. The SMILES string of the molecule is CCCCCCC(=O)C(=O)c1ccc(Sc2ccccc2)cc1.CCCCCCCCOc1c(C(=O)O)cccc1-c1ccc(Sc2ccccc2)cc1. The molecule has 0 saturated carbocycles. The molecule has 0 unspecified atom stereocenters. The maximum Gasteiger partial charge on any atom is 0.339 e.